The topological polar surface area (TPSA) is 60.1 Å². The molecule has 92 valence electrons. The highest BCUT2D eigenvalue weighted by molar-refractivity contribution is 5.67. The molecular weight excluding hydrogens is 218 g/mol. The molecule has 0 saturated carbocycles. The van der Waals surface area contributed by atoms with Gasteiger partial charge in [-0.3, -0.25) is 4.57 Å². The van der Waals surface area contributed by atoms with Gasteiger partial charge in [-0.05, 0) is 25.1 Å². The van der Waals surface area contributed by atoms with Crippen LogP contribution in [0.15, 0.2) is 27.5 Å². The largest absolute Gasteiger partial charge is 0.421 e. The zero-order chi connectivity index (χ0) is 12.4. The number of pyridine rings is 1. The molecule has 0 amide bonds. The number of oxazole rings is 1. The van der Waals surface area contributed by atoms with Crippen LogP contribution in [0, 0.1) is 5.92 Å². The van der Waals surface area contributed by atoms with Crippen LogP contribution in [-0.2, 0) is 6.54 Å². The van der Waals surface area contributed by atoms with Crippen LogP contribution in [-0.4, -0.2) is 22.6 Å². The molecule has 0 aliphatic carbocycles. The van der Waals surface area contributed by atoms with Crippen molar-refractivity contribution in [2.24, 2.45) is 5.92 Å². The van der Waals surface area contributed by atoms with Gasteiger partial charge in [-0.25, -0.2) is 9.78 Å². The Morgan fingerprint density at radius 1 is 1.53 bits per heavy atom. The summed E-state index contributed by atoms with van der Waals surface area (Å²) >= 11 is 0. The van der Waals surface area contributed by atoms with Crippen LogP contribution < -0.4 is 11.1 Å². The van der Waals surface area contributed by atoms with Gasteiger partial charge in [-0.1, -0.05) is 13.8 Å². The van der Waals surface area contributed by atoms with Gasteiger partial charge in [0.2, 0.25) is 0 Å². The van der Waals surface area contributed by atoms with E-state index in [-0.39, 0.29) is 11.8 Å². The number of likely N-dealkylation sites (N-methyl/N-ethyl adjacent to an activating group) is 1. The van der Waals surface area contributed by atoms with Crippen LogP contribution in [0.5, 0.6) is 0 Å². The Morgan fingerprint density at radius 2 is 2.29 bits per heavy atom. The Balaban J connectivity index is 2.41. The first-order chi connectivity index (χ1) is 8.13. The normalized spacial score (nSPS) is 13.4. The van der Waals surface area contributed by atoms with Gasteiger partial charge in [0, 0.05) is 18.8 Å². The van der Waals surface area contributed by atoms with Crippen LogP contribution in [0.3, 0.4) is 0 Å². The van der Waals surface area contributed by atoms with Crippen LogP contribution in [0.2, 0.25) is 0 Å². The van der Waals surface area contributed by atoms with E-state index in [9.17, 15) is 4.79 Å². The number of rotatable bonds is 4. The molecule has 2 rings (SSSR count). The fourth-order valence-corrected chi connectivity index (χ4v) is 1.89. The minimum absolute atomic E-state index is 0.218. The number of hydrogen-bond acceptors (Lipinski definition) is 4. The Morgan fingerprint density at radius 3 is 2.94 bits per heavy atom. The van der Waals surface area contributed by atoms with E-state index in [1.54, 1.807) is 22.9 Å². The SMILES string of the molecule is CNC(Cn1c(=O)oc2cccnc21)C(C)C. The van der Waals surface area contributed by atoms with Crippen molar-refractivity contribution in [3.63, 3.8) is 0 Å². The van der Waals surface area contributed by atoms with Gasteiger partial charge in [0.1, 0.15) is 0 Å². The van der Waals surface area contributed by atoms with Crippen LogP contribution in [0.1, 0.15) is 13.8 Å². The van der Waals surface area contributed by atoms with Crippen molar-refractivity contribution in [1.82, 2.24) is 14.9 Å². The fourth-order valence-electron chi connectivity index (χ4n) is 1.89. The highest BCUT2D eigenvalue weighted by Gasteiger charge is 2.16. The molecule has 1 atom stereocenters. The Labute approximate surface area is 99.5 Å². The van der Waals surface area contributed by atoms with Gasteiger partial charge in [0.05, 0.1) is 0 Å². The third-order valence-electron chi connectivity index (χ3n) is 2.98. The maximum Gasteiger partial charge on any atom is 0.421 e. The molecule has 17 heavy (non-hydrogen) atoms. The first kappa shape index (κ1) is 11.9. The maximum absolute atomic E-state index is 11.7. The Hall–Kier alpha value is -1.62. The summed E-state index contributed by atoms with van der Waals surface area (Å²) in [4.78, 5) is 15.9. The minimum Gasteiger partial charge on any atom is -0.406 e. The van der Waals surface area contributed by atoms with E-state index in [4.69, 9.17) is 4.42 Å². The molecule has 1 N–H and O–H groups in total. The molecule has 5 heteroatoms. The molecule has 0 fully saturated rings. The average molecular weight is 235 g/mol. The zero-order valence-corrected chi connectivity index (χ0v) is 10.3. The van der Waals surface area contributed by atoms with Gasteiger partial charge < -0.3 is 9.73 Å². The summed E-state index contributed by atoms with van der Waals surface area (Å²) in [6.45, 7) is 4.79. The molecule has 0 saturated heterocycles. The second-order valence-corrected chi connectivity index (χ2v) is 4.44. The molecule has 0 spiro atoms. The predicted molar refractivity (Wildman–Crippen MR) is 66.0 cm³/mol. The van der Waals surface area contributed by atoms with E-state index in [1.165, 1.54) is 0 Å². The lowest BCUT2D eigenvalue weighted by Gasteiger charge is -2.19. The summed E-state index contributed by atoms with van der Waals surface area (Å²) in [6, 6.07) is 3.73. The Kier molecular flexibility index (Phi) is 3.28. The molecule has 2 aromatic heterocycles. The number of nitrogens with one attached hydrogen (secondary N) is 1. The van der Waals surface area contributed by atoms with Gasteiger partial charge in [0.25, 0.3) is 0 Å². The average Bonchev–Trinajstić information content (AvgIpc) is 2.61. The fraction of sp³-hybridized carbons (Fsp3) is 0.500. The van der Waals surface area contributed by atoms with Crippen molar-refractivity contribution < 1.29 is 4.42 Å². The third kappa shape index (κ3) is 2.24. The summed E-state index contributed by atoms with van der Waals surface area (Å²) in [6.07, 6.45) is 1.66. The monoisotopic (exact) mass is 235 g/mol. The van der Waals surface area contributed by atoms with E-state index in [2.05, 4.69) is 24.1 Å². The number of hydrogen-bond donors (Lipinski definition) is 1. The quantitative estimate of drug-likeness (QED) is 0.866. The van der Waals surface area contributed by atoms with Gasteiger partial charge in [-0.15, -0.1) is 0 Å². The smallest absolute Gasteiger partial charge is 0.406 e. The molecule has 0 aliphatic rings. The van der Waals surface area contributed by atoms with Gasteiger partial charge in [-0.2, -0.15) is 0 Å². The molecule has 2 aromatic rings. The predicted octanol–water partition coefficient (Wildman–Crippen LogP) is 1.23. The number of fused-ring (bicyclic) bond motifs is 1. The van der Waals surface area contributed by atoms with Crippen molar-refractivity contribution in [3.05, 3.63) is 28.9 Å². The van der Waals surface area contributed by atoms with Crippen LogP contribution >= 0.6 is 0 Å². The molecule has 2 heterocycles. The summed E-state index contributed by atoms with van der Waals surface area (Å²) in [5.41, 5.74) is 1.15. The highest BCUT2D eigenvalue weighted by atomic mass is 16.4. The van der Waals surface area contributed by atoms with Crippen LogP contribution in [0.25, 0.3) is 11.2 Å². The van der Waals surface area contributed by atoms with Crippen molar-refractivity contribution in [2.45, 2.75) is 26.4 Å². The summed E-state index contributed by atoms with van der Waals surface area (Å²) in [7, 11) is 1.89. The van der Waals surface area contributed by atoms with E-state index >= 15 is 0 Å². The molecule has 0 bridgehead atoms. The maximum atomic E-state index is 11.7. The molecular formula is C12H17N3O2. The Bertz CT molecular complexity index is 556. The van der Waals surface area contributed by atoms with Crippen molar-refractivity contribution in [1.29, 1.82) is 0 Å². The molecule has 0 radical (unpaired) electrons. The molecule has 1 unspecified atom stereocenters. The summed E-state index contributed by atoms with van der Waals surface area (Å²) < 4.78 is 6.72. The first-order valence-electron chi connectivity index (χ1n) is 5.75. The summed E-state index contributed by atoms with van der Waals surface area (Å²) in [5.74, 6) is 0.0835. The van der Waals surface area contributed by atoms with E-state index in [0.29, 0.717) is 23.7 Å². The van der Waals surface area contributed by atoms with Crippen molar-refractivity contribution >= 4 is 11.2 Å². The zero-order valence-electron chi connectivity index (χ0n) is 10.3. The number of nitrogens with zero attached hydrogens (tertiary/aromatic N) is 2. The second-order valence-electron chi connectivity index (χ2n) is 4.44. The lowest BCUT2D eigenvalue weighted by Crippen LogP contribution is -2.37. The van der Waals surface area contributed by atoms with E-state index < -0.39 is 0 Å². The van der Waals surface area contributed by atoms with Gasteiger partial charge >= 0.3 is 5.76 Å². The van der Waals surface area contributed by atoms with E-state index in [0.717, 1.165) is 0 Å². The lowest BCUT2D eigenvalue weighted by molar-refractivity contribution is 0.364. The van der Waals surface area contributed by atoms with Crippen molar-refractivity contribution in [3.8, 4) is 0 Å². The second kappa shape index (κ2) is 4.71. The molecule has 0 aliphatic heterocycles. The van der Waals surface area contributed by atoms with Crippen LogP contribution in [0.4, 0.5) is 0 Å². The molecule has 0 aromatic carbocycles. The van der Waals surface area contributed by atoms with Crippen molar-refractivity contribution in [2.75, 3.05) is 7.05 Å². The summed E-state index contributed by atoms with van der Waals surface area (Å²) in [5, 5.41) is 3.20. The molecule has 5 nitrogen and oxygen atoms in total. The minimum atomic E-state index is -0.348. The first-order valence-corrected chi connectivity index (χ1v) is 5.75. The number of aromatic nitrogens is 2. The van der Waals surface area contributed by atoms with E-state index in [1.807, 2.05) is 7.05 Å². The standard InChI is InChI=1S/C12H17N3O2/c1-8(2)9(13-3)7-15-11-10(17-12(15)16)5-4-6-14-11/h4-6,8-9,13H,7H2,1-3H3. The highest BCUT2D eigenvalue weighted by Crippen LogP contribution is 2.11. The third-order valence-corrected chi connectivity index (χ3v) is 2.98. The lowest BCUT2D eigenvalue weighted by atomic mass is 10.1. The van der Waals surface area contributed by atoms with Gasteiger partial charge in [0.15, 0.2) is 11.2 Å².